The second-order valence-corrected chi connectivity index (χ2v) is 8.20. The van der Waals surface area contributed by atoms with E-state index < -0.39 is 11.0 Å². The molecule has 2 aliphatic heterocycles. The van der Waals surface area contributed by atoms with Gasteiger partial charge in [0.25, 0.3) is 0 Å². The van der Waals surface area contributed by atoms with E-state index in [0.29, 0.717) is 11.4 Å². The molecule has 2 unspecified atom stereocenters. The van der Waals surface area contributed by atoms with E-state index in [4.69, 9.17) is 4.74 Å². The molecule has 146 valence electrons. The van der Waals surface area contributed by atoms with Crippen LogP contribution >= 0.6 is 0 Å². The molecule has 4 nitrogen and oxygen atoms in total. The SMILES string of the molecule is CC1(C)Oc2ccccc2C2(C(=O)Nc3ccccc32)C1Cc1ncccc1F. The lowest BCUT2D eigenvalue weighted by molar-refractivity contribution is -0.126. The van der Waals surface area contributed by atoms with E-state index in [1.54, 1.807) is 12.3 Å². The third kappa shape index (κ3) is 2.43. The summed E-state index contributed by atoms with van der Waals surface area (Å²) >= 11 is 0. The predicted octanol–water partition coefficient (Wildman–Crippen LogP) is 4.49. The molecule has 2 aromatic carbocycles. The third-order valence-electron chi connectivity index (χ3n) is 6.24. The molecule has 2 aliphatic rings. The fourth-order valence-electron chi connectivity index (χ4n) is 5.00. The number of fused-ring (bicyclic) bond motifs is 4. The Morgan fingerprint density at radius 2 is 1.76 bits per heavy atom. The highest BCUT2D eigenvalue weighted by atomic mass is 19.1. The molecule has 0 saturated heterocycles. The molecule has 0 saturated carbocycles. The number of hydrogen-bond acceptors (Lipinski definition) is 3. The first-order valence-electron chi connectivity index (χ1n) is 9.73. The highest BCUT2D eigenvalue weighted by molar-refractivity contribution is 6.09. The number of anilines is 1. The van der Waals surface area contributed by atoms with E-state index >= 15 is 0 Å². The van der Waals surface area contributed by atoms with Gasteiger partial charge in [-0.3, -0.25) is 9.78 Å². The summed E-state index contributed by atoms with van der Waals surface area (Å²) in [6, 6.07) is 18.4. The zero-order valence-corrected chi connectivity index (χ0v) is 16.3. The van der Waals surface area contributed by atoms with Gasteiger partial charge in [-0.25, -0.2) is 4.39 Å². The first-order valence-corrected chi connectivity index (χ1v) is 9.73. The number of hydrogen-bond donors (Lipinski definition) is 1. The quantitative estimate of drug-likeness (QED) is 0.704. The number of aromatic nitrogens is 1. The summed E-state index contributed by atoms with van der Waals surface area (Å²) in [6.07, 6.45) is 1.86. The number of pyridine rings is 1. The number of carbonyl (C=O) groups is 1. The number of nitrogens with zero attached hydrogens (tertiary/aromatic N) is 1. The Morgan fingerprint density at radius 3 is 2.55 bits per heavy atom. The molecule has 3 aromatic rings. The van der Waals surface area contributed by atoms with Crippen LogP contribution in [0.2, 0.25) is 0 Å². The molecule has 0 bridgehead atoms. The van der Waals surface area contributed by atoms with Crippen LogP contribution in [0.25, 0.3) is 0 Å². The normalized spacial score (nSPS) is 23.8. The van der Waals surface area contributed by atoms with Gasteiger partial charge < -0.3 is 10.1 Å². The van der Waals surface area contributed by atoms with Gasteiger partial charge in [0.2, 0.25) is 5.91 Å². The fourth-order valence-corrected chi connectivity index (χ4v) is 5.00. The molecule has 0 aliphatic carbocycles. The van der Waals surface area contributed by atoms with Crippen molar-refractivity contribution in [1.82, 2.24) is 4.98 Å². The summed E-state index contributed by atoms with van der Waals surface area (Å²) in [5, 5.41) is 3.06. The first kappa shape index (κ1) is 17.9. The Labute approximate surface area is 168 Å². The highest BCUT2D eigenvalue weighted by Gasteiger charge is 2.62. The van der Waals surface area contributed by atoms with Gasteiger partial charge in [-0.15, -0.1) is 0 Å². The molecule has 0 radical (unpaired) electrons. The Bertz CT molecular complexity index is 1130. The molecule has 1 aromatic heterocycles. The van der Waals surface area contributed by atoms with Crippen molar-refractivity contribution in [2.24, 2.45) is 5.92 Å². The van der Waals surface area contributed by atoms with Crippen molar-refractivity contribution in [2.75, 3.05) is 5.32 Å². The molecular weight excluding hydrogens is 367 g/mol. The summed E-state index contributed by atoms with van der Waals surface area (Å²) in [4.78, 5) is 17.9. The molecule has 5 heteroatoms. The molecule has 1 N–H and O–H groups in total. The number of ether oxygens (including phenoxy) is 1. The maximum Gasteiger partial charge on any atom is 0.240 e. The maximum atomic E-state index is 14.6. The molecule has 1 amide bonds. The Hall–Kier alpha value is -3.21. The lowest BCUT2D eigenvalue weighted by Crippen LogP contribution is -2.58. The van der Waals surface area contributed by atoms with E-state index in [9.17, 15) is 9.18 Å². The van der Waals surface area contributed by atoms with Gasteiger partial charge in [0.15, 0.2) is 0 Å². The molecule has 3 heterocycles. The Balaban J connectivity index is 1.80. The predicted molar refractivity (Wildman–Crippen MR) is 108 cm³/mol. The Morgan fingerprint density at radius 1 is 1.03 bits per heavy atom. The second-order valence-electron chi connectivity index (χ2n) is 8.20. The average Bonchev–Trinajstić information content (AvgIpc) is 2.99. The lowest BCUT2D eigenvalue weighted by Gasteiger charge is -2.50. The van der Waals surface area contributed by atoms with Crippen molar-refractivity contribution < 1.29 is 13.9 Å². The van der Waals surface area contributed by atoms with E-state index in [0.717, 1.165) is 16.8 Å². The van der Waals surface area contributed by atoms with Crippen LogP contribution in [0.5, 0.6) is 5.75 Å². The molecule has 0 fully saturated rings. The van der Waals surface area contributed by atoms with Crippen LogP contribution in [-0.2, 0) is 16.6 Å². The first-order chi connectivity index (χ1) is 13.9. The van der Waals surface area contributed by atoms with Crippen LogP contribution in [-0.4, -0.2) is 16.5 Å². The lowest BCUT2D eigenvalue weighted by atomic mass is 9.58. The summed E-state index contributed by atoms with van der Waals surface area (Å²) in [5.41, 5.74) is 1.12. The van der Waals surface area contributed by atoms with Crippen LogP contribution in [0.4, 0.5) is 10.1 Å². The molecular formula is C24H21FN2O2. The van der Waals surface area contributed by atoms with Crippen LogP contribution < -0.4 is 10.1 Å². The number of nitrogens with one attached hydrogen (secondary N) is 1. The van der Waals surface area contributed by atoms with Crippen LogP contribution in [0.15, 0.2) is 66.9 Å². The number of rotatable bonds is 2. The van der Waals surface area contributed by atoms with Gasteiger partial charge in [0.1, 0.15) is 22.6 Å². The summed E-state index contributed by atoms with van der Waals surface area (Å²) < 4.78 is 20.9. The van der Waals surface area contributed by atoms with Crippen molar-refractivity contribution in [2.45, 2.75) is 31.3 Å². The Kier molecular flexibility index (Phi) is 3.78. The van der Waals surface area contributed by atoms with Gasteiger partial charge in [-0.05, 0) is 43.7 Å². The van der Waals surface area contributed by atoms with Gasteiger partial charge in [0, 0.05) is 29.8 Å². The topological polar surface area (TPSA) is 51.2 Å². The molecule has 2 atom stereocenters. The number of benzene rings is 2. The van der Waals surface area contributed by atoms with Gasteiger partial charge in [0.05, 0.1) is 5.69 Å². The number of carbonyl (C=O) groups excluding carboxylic acids is 1. The highest BCUT2D eigenvalue weighted by Crippen LogP contribution is 2.57. The molecule has 5 rings (SSSR count). The second kappa shape index (κ2) is 6.14. The van der Waals surface area contributed by atoms with Crippen molar-refractivity contribution in [1.29, 1.82) is 0 Å². The standard InChI is InChI=1S/C24H21FN2O2/c1-23(2)21(14-19-17(25)10-7-13-26-19)24(16-9-4-6-12-20(16)29-23)15-8-3-5-11-18(15)27-22(24)28/h3-13,21H,14H2,1-2H3,(H,27,28). The van der Waals surface area contributed by atoms with Crippen molar-refractivity contribution in [3.63, 3.8) is 0 Å². The monoisotopic (exact) mass is 388 g/mol. The third-order valence-corrected chi connectivity index (χ3v) is 6.24. The number of halogens is 1. The minimum absolute atomic E-state index is 0.108. The smallest absolute Gasteiger partial charge is 0.240 e. The van der Waals surface area contributed by atoms with Gasteiger partial charge in [-0.1, -0.05) is 36.4 Å². The zero-order chi connectivity index (χ0) is 20.2. The van der Waals surface area contributed by atoms with Crippen LogP contribution in [0.3, 0.4) is 0 Å². The van der Waals surface area contributed by atoms with E-state index in [1.807, 2.05) is 62.4 Å². The average molecular weight is 388 g/mol. The van der Waals surface area contributed by atoms with Crippen LogP contribution in [0, 0.1) is 11.7 Å². The largest absolute Gasteiger partial charge is 0.487 e. The van der Waals surface area contributed by atoms with Crippen molar-refractivity contribution in [3.05, 3.63) is 89.5 Å². The van der Waals surface area contributed by atoms with Gasteiger partial charge >= 0.3 is 0 Å². The number of para-hydroxylation sites is 2. The summed E-state index contributed by atoms with van der Waals surface area (Å²) in [7, 11) is 0. The van der Waals surface area contributed by atoms with Gasteiger partial charge in [-0.2, -0.15) is 0 Å². The minimum atomic E-state index is -0.987. The summed E-state index contributed by atoms with van der Waals surface area (Å²) in [5.74, 6) is -0.159. The fraction of sp³-hybridized carbons (Fsp3) is 0.250. The van der Waals surface area contributed by atoms with E-state index in [1.165, 1.54) is 6.07 Å². The van der Waals surface area contributed by atoms with Crippen molar-refractivity contribution >= 4 is 11.6 Å². The molecule has 29 heavy (non-hydrogen) atoms. The number of amides is 1. The maximum absolute atomic E-state index is 14.6. The van der Waals surface area contributed by atoms with Crippen molar-refractivity contribution in [3.8, 4) is 5.75 Å². The zero-order valence-electron chi connectivity index (χ0n) is 16.3. The summed E-state index contributed by atoms with van der Waals surface area (Å²) in [6.45, 7) is 3.93. The van der Waals surface area contributed by atoms with E-state index in [-0.39, 0.29) is 24.1 Å². The van der Waals surface area contributed by atoms with E-state index in [2.05, 4.69) is 10.3 Å². The van der Waals surface area contributed by atoms with Crippen LogP contribution in [0.1, 0.15) is 30.7 Å². The molecule has 1 spiro atoms. The minimum Gasteiger partial charge on any atom is -0.487 e.